The predicted molar refractivity (Wildman–Crippen MR) is 111 cm³/mol. The molecule has 7 heteroatoms. The number of nitrogens with zero attached hydrogens (tertiary/aromatic N) is 3. The summed E-state index contributed by atoms with van der Waals surface area (Å²) in [4.78, 5) is 27.8. The maximum absolute atomic E-state index is 13.2. The summed E-state index contributed by atoms with van der Waals surface area (Å²) < 4.78 is 12.8. The molecule has 2 aliphatic heterocycles. The molecule has 1 atom stereocenters. The summed E-state index contributed by atoms with van der Waals surface area (Å²) in [7, 11) is 0. The van der Waals surface area contributed by atoms with Gasteiger partial charge in [0, 0.05) is 18.2 Å². The van der Waals surface area contributed by atoms with Gasteiger partial charge in [-0.2, -0.15) is 5.10 Å². The van der Waals surface area contributed by atoms with Gasteiger partial charge in [0.1, 0.15) is 13.2 Å². The first-order chi connectivity index (χ1) is 14.7. The van der Waals surface area contributed by atoms with Crippen molar-refractivity contribution < 1.29 is 14.3 Å². The number of likely N-dealkylation sites (tertiary alicyclic amines) is 1. The van der Waals surface area contributed by atoms with Crippen molar-refractivity contribution >= 4 is 5.91 Å². The number of hydrogen-bond donors (Lipinski definition) is 0. The van der Waals surface area contributed by atoms with Gasteiger partial charge in [-0.1, -0.05) is 6.42 Å². The minimum absolute atomic E-state index is 0.0280. The summed E-state index contributed by atoms with van der Waals surface area (Å²) in [5, 5.41) is 4.69. The van der Waals surface area contributed by atoms with Gasteiger partial charge in [-0.15, -0.1) is 0 Å². The van der Waals surface area contributed by atoms with Gasteiger partial charge in [0.2, 0.25) is 0 Å². The Hall–Kier alpha value is -2.83. The number of hydrogen-bond acceptors (Lipinski definition) is 5. The molecule has 1 saturated heterocycles. The van der Waals surface area contributed by atoms with Gasteiger partial charge in [0.25, 0.3) is 11.5 Å². The van der Waals surface area contributed by atoms with E-state index < -0.39 is 0 Å². The first-order valence-corrected chi connectivity index (χ1v) is 11.0. The Bertz CT molecular complexity index is 1020. The Morgan fingerprint density at radius 2 is 1.87 bits per heavy atom. The Kier molecular flexibility index (Phi) is 5.19. The summed E-state index contributed by atoms with van der Waals surface area (Å²) in [6, 6.07) is 7.08. The van der Waals surface area contributed by atoms with E-state index in [0.29, 0.717) is 43.4 Å². The Morgan fingerprint density at radius 1 is 1.03 bits per heavy atom. The molecule has 1 fully saturated rings. The van der Waals surface area contributed by atoms with Gasteiger partial charge < -0.3 is 14.4 Å². The lowest BCUT2D eigenvalue weighted by atomic mass is 10.1. The summed E-state index contributed by atoms with van der Waals surface area (Å²) in [6.45, 7) is 2.15. The second-order valence-electron chi connectivity index (χ2n) is 8.35. The number of aromatic nitrogens is 2. The molecule has 0 saturated carbocycles. The highest BCUT2D eigenvalue weighted by molar-refractivity contribution is 5.95. The molecule has 1 aromatic heterocycles. The zero-order valence-electron chi connectivity index (χ0n) is 17.1. The van der Waals surface area contributed by atoms with Crippen molar-refractivity contribution in [1.82, 2.24) is 14.7 Å². The molecule has 1 aromatic carbocycles. The van der Waals surface area contributed by atoms with Gasteiger partial charge in [0.05, 0.1) is 18.3 Å². The van der Waals surface area contributed by atoms with E-state index in [1.165, 1.54) is 6.42 Å². The van der Waals surface area contributed by atoms with E-state index in [0.717, 1.165) is 49.8 Å². The zero-order chi connectivity index (χ0) is 20.5. The van der Waals surface area contributed by atoms with Crippen LogP contribution in [0.5, 0.6) is 11.5 Å². The maximum Gasteiger partial charge on any atom is 0.267 e. The minimum Gasteiger partial charge on any atom is -0.486 e. The topological polar surface area (TPSA) is 73.7 Å². The third kappa shape index (κ3) is 3.68. The van der Waals surface area contributed by atoms with Crippen molar-refractivity contribution in [2.24, 2.45) is 0 Å². The average molecular weight is 409 g/mol. The van der Waals surface area contributed by atoms with Crippen molar-refractivity contribution in [2.75, 3.05) is 19.8 Å². The van der Waals surface area contributed by atoms with E-state index in [4.69, 9.17) is 14.6 Å². The van der Waals surface area contributed by atoms with Crippen LogP contribution in [-0.2, 0) is 19.4 Å². The van der Waals surface area contributed by atoms with Gasteiger partial charge in [0.15, 0.2) is 11.5 Å². The molecule has 2 aromatic rings. The molecule has 7 nitrogen and oxygen atoms in total. The van der Waals surface area contributed by atoms with Crippen molar-refractivity contribution in [3.8, 4) is 11.5 Å². The average Bonchev–Trinajstić information content (AvgIpc) is 3.11. The van der Waals surface area contributed by atoms with Crippen LogP contribution in [0.2, 0.25) is 0 Å². The lowest BCUT2D eigenvalue weighted by molar-refractivity contribution is 0.0719. The SMILES string of the molecule is O=C(c1ccc2c(c1)OCCO2)N1CCC[C@H]1Cn1nc2c(cc1=O)CCCCC2. The van der Waals surface area contributed by atoms with Crippen LogP contribution < -0.4 is 15.0 Å². The van der Waals surface area contributed by atoms with Crippen LogP contribution in [0.3, 0.4) is 0 Å². The van der Waals surface area contributed by atoms with Crippen LogP contribution in [0.15, 0.2) is 29.1 Å². The second kappa shape index (κ2) is 8.13. The molecule has 0 N–H and O–H groups in total. The normalized spacial score (nSPS) is 20.5. The largest absolute Gasteiger partial charge is 0.486 e. The fraction of sp³-hybridized carbons (Fsp3) is 0.522. The maximum atomic E-state index is 13.2. The number of aryl methyl sites for hydroxylation is 2. The lowest BCUT2D eigenvalue weighted by Gasteiger charge is -2.26. The van der Waals surface area contributed by atoms with E-state index in [1.807, 2.05) is 4.90 Å². The van der Waals surface area contributed by atoms with Crippen LogP contribution in [0, 0.1) is 0 Å². The molecule has 1 aliphatic carbocycles. The van der Waals surface area contributed by atoms with Crippen LogP contribution in [0.1, 0.15) is 53.7 Å². The van der Waals surface area contributed by atoms with Crippen molar-refractivity contribution in [2.45, 2.75) is 57.5 Å². The quantitative estimate of drug-likeness (QED) is 0.729. The first-order valence-electron chi connectivity index (χ1n) is 11.0. The summed E-state index contributed by atoms with van der Waals surface area (Å²) >= 11 is 0. The smallest absolute Gasteiger partial charge is 0.267 e. The molecule has 5 rings (SSSR count). The fourth-order valence-corrected chi connectivity index (χ4v) is 4.74. The second-order valence-corrected chi connectivity index (χ2v) is 8.35. The van der Waals surface area contributed by atoms with Crippen LogP contribution in [0.25, 0.3) is 0 Å². The number of benzene rings is 1. The number of amides is 1. The summed E-state index contributed by atoms with van der Waals surface area (Å²) in [5.41, 5.74) is 2.68. The molecule has 0 radical (unpaired) electrons. The minimum atomic E-state index is -0.0609. The molecular formula is C23H27N3O4. The lowest BCUT2D eigenvalue weighted by Crippen LogP contribution is -2.41. The molecular weight excluding hydrogens is 382 g/mol. The Labute approximate surface area is 175 Å². The van der Waals surface area contributed by atoms with E-state index >= 15 is 0 Å². The highest BCUT2D eigenvalue weighted by Crippen LogP contribution is 2.32. The third-order valence-electron chi connectivity index (χ3n) is 6.33. The van der Waals surface area contributed by atoms with E-state index in [2.05, 4.69) is 0 Å². The predicted octanol–water partition coefficient (Wildman–Crippen LogP) is 2.59. The fourth-order valence-electron chi connectivity index (χ4n) is 4.74. The number of carbonyl (C=O) groups is 1. The Balaban J connectivity index is 1.36. The van der Waals surface area contributed by atoms with Gasteiger partial charge >= 0.3 is 0 Å². The molecule has 30 heavy (non-hydrogen) atoms. The Morgan fingerprint density at radius 3 is 2.77 bits per heavy atom. The van der Waals surface area contributed by atoms with Gasteiger partial charge in [-0.3, -0.25) is 9.59 Å². The first kappa shape index (κ1) is 19.2. The number of rotatable bonds is 3. The van der Waals surface area contributed by atoms with E-state index in [9.17, 15) is 9.59 Å². The third-order valence-corrected chi connectivity index (χ3v) is 6.33. The standard InChI is InChI=1S/C23H27N3O4/c27-22-14-16-5-2-1-3-7-19(16)24-26(22)15-18-6-4-10-25(18)23(28)17-8-9-20-21(13-17)30-12-11-29-20/h8-9,13-14,18H,1-7,10-12,15H2/t18-/m0/s1. The van der Waals surface area contributed by atoms with Crippen LogP contribution >= 0.6 is 0 Å². The number of carbonyl (C=O) groups excluding carboxylic acids is 1. The monoisotopic (exact) mass is 409 g/mol. The van der Waals surface area contributed by atoms with E-state index in [-0.39, 0.29) is 17.5 Å². The molecule has 0 bridgehead atoms. The number of fused-ring (bicyclic) bond motifs is 2. The van der Waals surface area contributed by atoms with Crippen molar-refractivity contribution in [3.63, 3.8) is 0 Å². The number of ether oxygens (including phenoxy) is 2. The van der Waals surface area contributed by atoms with Crippen molar-refractivity contribution in [3.05, 3.63) is 51.4 Å². The molecule has 0 spiro atoms. The zero-order valence-corrected chi connectivity index (χ0v) is 17.1. The molecule has 0 unspecified atom stereocenters. The molecule has 158 valence electrons. The van der Waals surface area contributed by atoms with Crippen LogP contribution in [-0.4, -0.2) is 46.4 Å². The highest BCUT2D eigenvalue weighted by Gasteiger charge is 2.31. The molecule has 1 amide bonds. The van der Waals surface area contributed by atoms with E-state index in [1.54, 1.807) is 28.9 Å². The molecule has 3 aliphatic rings. The van der Waals surface area contributed by atoms with Crippen molar-refractivity contribution in [1.29, 1.82) is 0 Å². The summed E-state index contributed by atoms with van der Waals surface area (Å²) in [6.07, 6.45) is 7.11. The molecule has 3 heterocycles. The van der Waals surface area contributed by atoms with Gasteiger partial charge in [-0.05, 0) is 62.3 Å². The highest BCUT2D eigenvalue weighted by atomic mass is 16.6. The summed E-state index contributed by atoms with van der Waals surface area (Å²) in [5.74, 6) is 1.26. The van der Waals surface area contributed by atoms with Gasteiger partial charge in [-0.25, -0.2) is 4.68 Å². The van der Waals surface area contributed by atoms with Crippen LogP contribution in [0.4, 0.5) is 0 Å².